The molecule has 7 nitrogen and oxygen atoms in total. The monoisotopic (exact) mass is 393 g/mol. The van der Waals surface area contributed by atoms with E-state index in [1.165, 1.54) is 4.90 Å². The molecule has 2 aromatic carbocycles. The summed E-state index contributed by atoms with van der Waals surface area (Å²) in [6, 6.07) is 15.1. The molecular formula is C22H23N3O4. The van der Waals surface area contributed by atoms with E-state index >= 15 is 0 Å². The standard InChI is InChI=1S/C22H23N3O4/c26-20-17-7-1-2-8-18(17)21(27)25(20)12-11-24-10-4-9-19(24)16-6-3-5-15(13-16)14-23-22(28)29/h1-3,5-8,13,19,23H,4,9-12,14H2,(H,28,29). The van der Waals surface area contributed by atoms with Gasteiger partial charge in [0, 0.05) is 25.7 Å². The number of carbonyl (C=O) groups is 3. The van der Waals surface area contributed by atoms with Crippen LogP contribution in [0.25, 0.3) is 0 Å². The van der Waals surface area contributed by atoms with Gasteiger partial charge in [-0.1, -0.05) is 36.4 Å². The second-order valence-electron chi connectivity index (χ2n) is 7.41. The van der Waals surface area contributed by atoms with E-state index in [1.807, 2.05) is 18.2 Å². The average Bonchev–Trinajstić information content (AvgIpc) is 3.29. The lowest BCUT2D eigenvalue weighted by atomic mass is 10.0. The van der Waals surface area contributed by atoms with E-state index in [0.717, 1.165) is 30.5 Å². The smallest absolute Gasteiger partial charge is 0.404 e. The topological polar surface area (TPSA) is 89.9 Å². The van der Waals surface area contributed by atoms with Crippen molar-refractivity contribution in [3.05, 3.63) is 70.8 Å². The fourth-order valence-electron chi connectivity index (χ4n) is 4.23. The number of hydrogen-bond donors (Lipinski definition) is 2. The van der Waals surface area contributed by atoms with E-state index in [0.29, 0.717) is 24.2 Å². The molecule has 2 heterocycles. The molecule has 0 radical (unpaired) electrons. The van der Waals surface area contributed by atoms with Gasteiger partial charge in [0.15, 0.2) is 0 Å². The highest BCUT2D eigenvalue weighted by Gasteiger charge is 2.36. The average molecular weight is 393 g/mol. The van der Waals surface area contributed by atoms with Crippen molar-refractivity contribution >= 4 is 17.9 Å². The molecule has 1 saturated heterocycles. The zero-order chi connectivity index (χ0) is 20.4. The van der Waals surface area contributed by atoms with Crippen molar-refractivity contribution in [2.75, 3.05) is 19.6 Å². The summed E-state index contributed by atoms with van der Waals surface area (Å²) < 4.78 is 0. The van der Waals surface area contributed by atoms with Crippen LogP contribution in [0.3, 0.4) is 0 Å². The maximum Gasteiger partial charge on any atom is 0.404 e. The van der Waals surface area contributed by atoms with Crippen molar-refractivity contribution in [1.82, 2.24) is 15.1 Å². The summed E-state index contributed by atoms with van der Waals surface area (Å²) in [5.41, 5.74) is 3.01. The number of benzene rings is 2. The first-order valence-corrected chi connectivity index (χ1v) is 9.79. The number of fused-ring (bicyclic) bond motifs is 1. The van der Waals surface area contributed by atoms with Crippen LogP contribution in [0.2, 0.25) is 0 Å². The van der Waals surface area contributed by atoms with Crippen molar-refractivity contribution in [1.29, 1.82) is 0 Å². The van der Waals surface area contributed by atoms with Gasteiger partial charge in [-0.3, -0.25) is 19.4 Å². The third-order valence-electron chi connectivity index (χ3n) is 5.63. The van der Waals surface area contributed by atoms with Crippen LogP contribution < -0.4 is 5.32 Å². The van der Waals surface area contributed by atoms with Gasteiger partial charge in [-0.25, -0.2) is 4.79 Å². The zero-order valence-electron chi connectivity index (χ0n) is 16.0. The first-order chi connectivity index (χ1) is 14.0. The summed E-state index contributed by atoms with van der Waals surface area (Å²) in [4.78, 5) is 39.5. The summed E-state index contributed by atoms with van der Waals surface area (Å²) in [5, 5.41) is 11.2. The van der Waals surface area contributed by atoms with Crippen molar-refractivity contribution in [2.24, 2.45) is 0 Å². The molecule has 0 spiro atoms. The van der Waals surface area contributed by atoms with E-state index in [9.17, 15) is 14.4 Å². The van der Waals surface area contributed by atoms with Gasteiger partial charge in [-0.2, -0.15) is 0 Å². The first-order valence-electron chi connectivity index (χ1n) is 9.79. The fraction of sp³-hybridized carbons (Fsp3) is 0.318. The summed E-state index contributed by atoms with van der Waals surface area (Å²) >= 11 is 0. The number of carboxylic acid groups (broad SMARTS) is 1. The van der Waals surface area contributed by atoms with Crippen LogP contribution in [-0.2, 0) is 6.54 Å². The minimum Gasteiger partial charge on any atom is -0.465 e. The number of imide groups is 1. The molecule has 2 aliphatic heterocycles. The number of hydrogen-bond acceptors (Lipinski definition) is 4. The SMILES string of the molecule is O=C(O)NCc1cccc(C2CCCN2CCN2C(=O)c3ccccc3C2=O)c1. The third-order valence-corrected chi connectivity index (χ3v) is 5.63. The van der Waals surface area contributed by atoms with Crippen molar-refractivity contribution < 1.29 is 19.5 Å². The maximum atomic E-state index is 12.6. The lowest BCUT2D eigenvalue weighted by Gasteiger charge is -2.27. The Morgan fingerprint density at radius 2 is 1.76 bits per heavy atom. The molecule has 2 aliphatic rings. The van der Waals surface area contributed by atoms with Crippen LogP contribution in [0.15, 0.2) is 48.5 Å². The minimum atomic E-state index is -1.04. The van der Waals surface area contributed by atoms with Crippen LogP contribution in [0, 0.1) is 0 Å². The maximum absolute atomic E-state index is 12.6. The van der Waals surface area contributed by atoms with E-state index in [2.05, 4.69) is 16.3 Å². The van der Waals surface area contributed by atoms with Crippen LogP contribution in [0.1, 0.15) is 50.7 Å². The minimum absolute atomic E-state index is 0.204. The first kappa shape index (κ1) is 19.1. The molecule has 1 fully saturated rings. The Hall–Kier alpha value is -3.19. The normalized spacial score (nSPS) is 18.9. The number of rotatable bonds is 6. The molecule has 1 atom stereocenters. The highest BCUT2D eigenvalue weighted by atomic mass is 16.4. The highest BCUT2D eigenvalue weighted by Crippen LogP contribution is 2.32. The predicted octanol–water partition coefficient (Wildman–Crippen LogP) is 2.89. The summed E-state index contributed by atoms with van der Waals surface area (Å²) in [6.45, 7) is 2.16. The summed E-state index contributed by atoms with van der Waals surface area (Å²) in [5.74, 6) is -0.439. The van der Waals surface area contributed by atoms with Gasteiger partial charge in [-0.05, 0) is 42.6 Å². The molecule has 0 saturated carbocycles. The Labute approximate surface area is 168 Å². The van der Waals surface area contributed by atoms with Crippen molar-refractivity contribution in [2.45, 2.75) is 25.4 Å². The van der Waals surface area contributed by atoms with Crippen LogP contribution in [0.5, 0.6) is 0 Å². The number of amides is 3. The second-order valence-corrected chi connectivity index (χ2v) is 7.41. The largest absolute Gasteiger partial charge is 0.465 e. The molecule has 1 unspecified atom stereocenters. The zero-order valence-corrected chi connectivity index (χ0v) is 16.0. The Kier molecular flexibility index (Phi) is 5.31. The van der Waals surface area contributed by atoms with Crippen molar-refractivity contribution in [3.63, 3.8) is 0 Å². The lowest BCUT2D eigenvalue weighted by Crippen LogP contribution is -2.38. The Balaban J connectivity index is 1.42. The van der Waals surface area contributed by atoms with Gasteiger partial charge in [-0.15, -0.1) is 0 Å². The van der Waals surface area contributed by atoms with E-state index < -0.39 is 6.09 Å². The highest BCUT2D eigenvalue weighted by molar-refractivity contribution is 6.21. The lowest BCUT2D eigenvalue weighted by molar-refractivity contribution is 0.0633. The van der Waals surface area contributed by atoms with Gasteiger partial charge in [0.1, 0.15) is 0 Å². The molecule has 4 rings (SSSR count). The van der Waals surface area contributed by atoms with Gasteiger partial charge in [0.25, 0.3) is 11.8 Å². The summed E-state index contributed by atoms with van der Waals surface area (Å²) in [6.07, 6.45) is 1.00. The molecule has 29 heavy (non-hydrogen) atoms. The summed E-state index contributed by atoms with van der Waals surface area (Å²) in [7, 11) is 0. The van der Waals surface area contributed by atoms with Crippen molar-refractivity contribution in [3.8, 4) is 0 Å². The molecule has 0 aliphatic carbocycles. The van der Waals surface area contributed by atoms with Crippen LogP contribution >= 0.6 is 0 Å². The third kappa shape index (κ3) is 3.86. The quantitative estimate of drug-likeness (QED) is 0.737. The number of carbonyl (C=O) groups excluding carboxylic acids is 2. The molecule has 0 bridgehead atoms. The van der Waals surface area contributed by atoms with Crippen LogP contribution in [0.4, 0.5) is 4.79 Å². The molecule has 2 aromatic rings. The number of likely N-dealkylation sites (tertiary alicyclic amines) is 1. The van der Waals surface area contributed by atoms with Gasteiger partial charge in [0.05, 0.1) is 11.1 Å². The Morgan fingerprint density at radius 1 is 1.03 bits per heavy atom. The van der Waals surface area contributed by atoms with E-state index in [-0.39, 0.29) is 24.4 Å². The molecule has 7 heteroatoms. The van der Waals surface area contributed by atoms with Gasteiger partial charge >= 0.3 is 6.09 Å². The second kappa shape index (κ2) is 8.05. The van der Waals surface area contributed by atoms with Gasteiger partial charge < -0.3 is 10.4 Å². The molecule has 0 aromatic heterocycles. The van der Waals surface area contributed by atoms with E-state index in [4.69, 9.17) is 5.11 Å². The predicted molar refractivity (Wildman–Crippen MR) is 107 cm³/mol. The molecule has 2 N–H and O–H groups in total. The Morgan fingerprint density at radius 3 is 2.45 bits per heavy atom. The van der Waals surface area contributed by atoms with E-state index in [1.54, 1.807) is 24.3 Å². The molecular weight excluding hydrogens is 370 g/mol. The number of nitrogens with zero attached hydrogens (tertiary/aromatic N) is 2. The number of nitrogens with one attached hydrogen (secondary N) is 1. The Bertz CT molecular complexity index is 924. The van der Waals surface area contributed by atoms with Crippen LogP contribution in [-0.4, -0.2) is 52.4 Å². The van der Waals surface area contributed by atoms with Gasteiger partial charge in [0.2, 0.25) is 0 Å². The molecule has 3 amide bonds. The molecule has 150 valence electrons. The fourth-order valence-corrected chi connectivity index (χ4v) is 4.23.